The minimum atomic E-state index is -0.158. The summed E-state index contributed by atoms with van der Waals surface area (Å²) in [6, 6.07) is 2.28. The van der Waals surface area contributed by atoms with E-state index in [1.54, 1.807) is 0 Å². The number of hydrogen-bond donors (Lipinski definition) is 0. The SMILES string of the molecule is CN1[C@@H]2CC[C@H]1CC(OC(=O)CCCC(=O)OC1C[C@H]3CC[C@@H](C1)N3C)C2. The lowest BCUT2D eigenvalue weighted by Gasteiger charge is -2.36. The molecular weight excluding hydrogens is 344 g/mol. The average molecular weight is 379 g/mol. The Kier molecular flexibility index (Phi) is 5.74. The molecule has 4 heterocycles. The highest BCUT2D eigenvalue weighted by atomic mass is 16.5. The number of hydrogen-bond acceptors (Lipinski definition) is 6. The molecule has 0 spiro atoms. The van der Waals surface area contributed by atoms with Gasteiger partial charge in [0.1, 0.15) is 12.2 Å². The number of nitrogens with zero attached hydrogens (tertiary/aromatic N) is 2. The van der Waals surface area contributed by atoms with Gasteiger partial charge in [0.15, 0.2) is 0 Å². The smallest absolute Gasteiger partial charge is 0.306 e. The minimum absolute atomic E-state index is 0.0628. The zero-order chi connectivity index (χ0) is 19.0. The fourth-order valence-electron chi connectivity index (χ4n) is 5.78. The number of ether oxygens (including phenoxy) is 2. The summed E-state index contributed by atoms with van der Waals surface area (Å²) in [6.45, 7) is 0. The summed E-state index contributed by atoms with van der Waals surface area (Å²) in [7, 11) is 4.36. The normalized spacial score (nSPS) is 38.7. The van der Waals surface area contributed by atoms with Crippen molar-refractivity contribution < 1.29 is 19.1 Å². The molecule has 4 bridgehead atoms. The van der Waals surface area contributed by atoms with Gasteiger partial charge >= 0.3 is 11.9 Å². The molecule has 6 nitrogen and oxygen atoms in total. The fraction of sp³-hybridized carbons (Fsp3) is 0.905. The van der Waals surface area contributed by atoms with E-state index in [0.29, 0.717) is 43.4 Å². The molecule has 0 amide bonds. The molecule has 4 saturated heterocycles. The van der Waals surface area contributed by atoms with Gasteiger partial charge in [-0.2, -0.15) is 0 Å². The van der Waals surface area contributed by atoms with Crippen molar-refractivity contribution in [3.8, 4) is 0 Å². The third kappa shape index (κ3) is 4.32. The average Bonchev–Trinajstić information content (AvgIpc) is 2.96. The molecule has 6 atom stereocenters. The molecule has 4 fully saturated rings. The van der Waals surface area contributed by atoms with Crippen LogP contribution in [0.3, 0.4) is 0 Å². The van der Waals surface area contributed by atoms with Gasteiger partial charge in [0.25, 0.3) is 0 Å². The van der Waals surface area contributed by atoms with E-state index in [1.165, 1.54) is 25.7 Å². The van der Waals surface area contributed by atoms with Crippen LogP contribution in [-0.4, -0.2) is 72.2 Å². The van der Waals surface area contributed by atoms with E-state index < -0.39 is 0 Å². The zero-order valence-electron chi connectivity index (χ0n) is 16.8. The number of carbonyl (C=O) groups excluding carboxylic acids is 2. The molecule has 0 aromatic carbocycles. The van der Waals surface area contributed by atoms with Gasteiger partial charge in [-0.3, -0.25) is 9.59 Å². The van der Waals surface area contributed by atoms with Gasteiger partial charge in [0, 0.05) is 37.0 Å². The van der Waals surface area contributed by atoms with Gasteiger partial charge in [0.05, 0.1) is 0 Å². The van der Waals surface area contributed by atoms with Crippen molar-refractivity contribution in [1.82, 2.24) is 9.80 Å². The first kappa shape index (κ1) is 19.2. The van der Waals surface area contributed by atoms with E-state index in [-0.39, 0.29) is 24.1 Å². The van der Waals surface area contributed by atoms with Crippen molar-refractivity contribution in [1.29, 1.82) is 0 Å². The maximum Gasteiger partial charge on any atom is 0.306 e. The Bertz CT molecular complexity index is 492. The van der Waals surface area contributed by atoms with E-state index in [9.17, 15) is 9.59 Å². The topological polar surface area (TPSA) is 59.1 Å². The molecule has 152 valence electrons. The number of fused-ring (bicyclic) bond motifs is 4. The maximum atomic E-state index is 12.1. The van der Waals surface area contributed by atoms with Crippen LogP contribution in [0.5, 0.6) is 0 Å². The van der Waals surface area contributed by atoms with Crippen LogP contribution in [0.25, 0.3) is 0 Å². The van der Waals surface area contributed by atoms with E-state index in [0.717, 1.165) is 25.7 Å². The first-order valence-corrected chi connectivity index (χ1v) is 10.8. The monoisotopic (exact) mass is 378 g/mol. The summed E-state index contributed by atoms with van der Waals surface area (Å²) in [6.07, 6.45) is 10.00. The van der Waals surface area contributed by atoms with Gasteiger partial charge in [0.2, 0.25) is 0 Å². The number of esters is 2. The van der Waals surface area contributed by atoms with Crippen molar-refractivity contribution >= 4 is 11.9 Å². The van der Waals surface area contributed by atoms with Crippen LogP contribution in [-0.2, 0) is 19.1 Å². The molecule has 0 aromatic rings. The molecule has 2 unspecified atom stereocenters. The molecule has 0 aliphatic carbocycles. The molecule has 0 saturated carbocycles. The molecule has 0 N–H and O–H groups in total. The predicted octanol–water partition coefficient (Wildman–Crippen LogP) is 2.49. The maximum absolute atomic E-state index is 12.1. The van der Waals surface area contributed by atoms with E-state index in [4.69, 9.17) is 9.47 Å². The third-order valence-electron chi connectivity index (χ3n) is 7.47. The van der Waals surface area contributed by atoms with E-state index in [1.807, 2.05) is 0 Å². The standard InChI is InChI=1S/C21H34N2O4/c1-22-14-6-7-15(22)11-18(10-14)26-20(24)4-3-5-21(25)27-19-12-16-8-9-17(13-19)23(16)2/h14-19H,3-13H2,1-2H3/t14-,15+,16-,17+,18?,19?. The Morgan fingerprint density at radius 2 is 1.04 bits per heavy atom. The summed E-state index contributed by atoms with van der Waals surface area (Å²) in [5.41, 5.74) is 0. The summed E-state index contributed by atoms with van der Waals surface area (Å²) in [4.78, 5) is 29.1. The molecule has 4 aliphatic rings. The molecule has 4 aliphatic heterocycles. The summed E-state index contributed by atoms with van der Waals surface area (Å²) in [5, 5.41) is 0. The lowest BCUT2D eigenvalue weighted by Crippen LogP contribution is -2.43. The second-order valence-electron chi connectivity index (χ2n) is 9.12. The molecular formula is C21H34N2O4. The van der Waals surface area contributed by atoms with Crippen molar-refractivity contribution in [3.05, 3.63) is 0 Å². The molecule has 0 radical (unpaired) electrons. The molecule has 27 heavy (non-hydrogen) atoms. The first-order chi connectivity index (χ1) is 13.0. The van der Waals surface area contributed by atoms with Crippen LogP contribution in [0.15, 0.2) is 0 Å². The van der Waals surface area contributed by atoms with Gasteiger partial charge in [-0.1, -0.05) is 0 Å². The number of piperidine rings is 2. The molecule has 6 heteroatoms. The van der Waals surface area contributed by atoms with Gasteiger partial charge in [-0.05, 0) is 71.9 Å². The van der Waals surface area contributed by atoms with Gasteiger partial charge in [-0.25, -0.2) is 0 Å². The van der Waals surface area contributed by atoms with E-state index >= 15 is 0 Å². The van der Waals surface area contributed by atoms with E-state index in [2.05, 4.69) is 23.9 Å². The van der Waals surface area contributed by atoms with Crippen molar-refractivity contribution in [2.24, 2.45) is 0 Å². The number of carbonyl (C=O) groups is 2. The van der Waals surface area contributed by atoms with Crippen molar-refractivity contribution in [2.45, 2.75) is 107 Å². The predicted molar refractivity (Wildman–Crippen MR) is 101 cm³/mol. The second kappa shape index (κ2) is 8.08. The summed E-state index contributed by atoms with van der Waals surface area (Å²) >= 11 is 0. The number of rotatable bonds is 6. The lowest BCUT2D eigenvalue weighted by atomic mass is 10.0. The highest BCUT2D eigenvalue weighted by Crippen LogP contribution is 2.36. The summed E-state index contributed by atoms with van der Waals surface area (Å²) in [5.74, 6) is -0.317. The van der Waals surface area contributed by atoms with Crippen LogP contribution in [0.4, 0.5) is 0 Å². The van der Waals surface area contributed by atoms with Crippen LogP contribution in [0.1, 0.15) is 70.6 Å². The van der Waals surface area contributed by atoms with Gasteiger partial charge in [-0.15, -0.1) is 0 Å². The zero-order valence-corrected chi connectivity index (χ0v) is 16.8. The quantitative estimate of drug-likeness (QED) is 0.662. The Hall–Kier alpha value is -1.14. The van der Waals surface area contributed by atoms with Crippen LogP contribution < -0.4 is 0 Å². The highest BCUT2D eigenvalue weighted by molar-refractivity contribution is 5.72. The lowest BCUT2D eigenvalue weighted by molar-refractivity contribution is -0.154. The van der Waals surface area contributed by atoms with Gasteiger partial charge < -0.3 is 19.3 Å². The Balaban J connectivity index is 1.12. The van der Waals surface area contributed by atoms with Crippen LogP contribution in [0.2, 0.25) is 0 Å². The molecule has 4 rings (SSSR count). The minimum Gasteiger partial charge on any atom is -0.462 e. The second-order valence-corrected chi connectivity index (χ2v) is 9.12. The third-order valence-corrected chi connectivity index (χ3v) is 7.47. The first-order valence-electron chi connectivity index (χ1n) is 10.8. The Morgan fingerprint density at radius 3 is 1.37 bits per heavy atom. The Labute approximate surface area is 162 Å². The summed E-state index contributed by atoms with van der Waals surface area (Å²) < 4.78 is 11.4. The van der Waals surface area contributed by atoms with Crippen molar-refractivity contribution in [2.75, 3.05) is 14.1 Å². The largest absolute Gasteiger partial charge is 0.462 e. The van der Waals surface area contributed by atoms with Crippen molar-refractivity contribution in [3.63, 3.8) is 0 Å². The Morgan fingerprint density at radius 1 is 0.704 bits per heavy atom. The fourth-order valence-corrected chi connectivity index (χ4v) is 5.78. The highest BCUT2D eigenvalue weighted by Gasteiger charge is 2.40. The molecule has 0 aromatic heterocycles. The van der Waals surface area contributed by atoms with Crippen LogP contribution >= 0.6 is 0 Å². The van der Waals surface area contributed by atoms with Crippen LogP contribution in [0, 0.1) is 0 Å².